The molecule has 0 saturated heterocycles. The quantitative estimate of drug-likeness (QED) is 0.627. The van der Waals surface area contributed by atoms with Crippen molar-refractivity contribution in [2.24, 2.45) is 5.92 Å². The normalized spacial score (nSPS) is 20.5. The second kappa shape index (κ2) is 9.01. The first-order valence-electron chi connectivity index (χ1n) is 7.98. The molecule has 0 radical (unpaired) electrons. The Morgan fingerprint density at radius 3 is 2.79 bits per heavy atom. The Morgan fingerprint density at radius 1 is 1.29 bits per heavy atom. The summed E-state index contributed by atoms with van der Waals surface area (Å²) in [6.45, 7) is 1.74. The molecule has 1 saturated carbocycles. The van der Waals surface area contributed by atoms with Crippen LogP contribution in [0.5, 0.6) is 0 Å². The third-order valence-corrected chi connectivity index (χ3v) is 5.06. The van der Waals surface area contributed by atoms with Crippen molar-refractivity contribution in [2.75, 3.05) is 12.4 Å². The highest BCUT2D eigenvalue weighted by atomic mass is 32.2. The highest BCUT2D eigenvalue weighted by molar-refractivity contribution is 8.00. The Labute approximate surface area is 144 Å². The van der Waals surface area contributed by atoms with Crippen molar-refractivity contribution in [1.82, 2.24) is 5.32 Å². The Balaban J connectivity index is 1.70. The van der Waals surface area contributed by atoms with Crippen molar-refractivity contribution >= 4 is 23.6 Å². The van der Waals surface area contributed by atoms with Gasteiger partial charge in [0, 0.05) is 10.9 Å². The number of benzene rings is 1. The molecule has 1 aliphatic rings. The summed E-state index contributed by atoms with van der Waals surface area (Å²) in [6, 6.07) is 3.15. The fraction of sp³-hybridized carbons (Fsp3) is 0.529. The number of esters is 1. The molecule has 132 valence electrons. The number of ether oxygens (including phenoxy) is 1. The molecule has 2 atom stereocenters. The number of carbonyl (C=O) groups excluding carboxylic acids is 2. The van der Waals surface area contributed by atoms with Crippen molar-refractivity contribution < 1.29 is 23.1 Å². The van der Waals surface area contributed by atoms with Crippen LogP contribution in [0, 0.1) is 17.6 Å². The molecule has 1 amide bonds. The second-order valence-corrected chi connectivity index (χ2v) is 6.98. The van der Waals surface area contributed by atoms with Gasteiger partial charge in [0.2, 0.25) is 0 Å². The maximum atomic E-state index is 13.4. The largest absolute Gasteiger partial charge is 0.455 e. The standard InChI is InChI=1S/C17H21F2NO3S/c1-11-4-2-3-5-14(11)20-16(21)9-23-17(22)10-24-15-8-12(18)6-7-13(15)19/h6-8,11,14H,2-5,9-10H2,1H3,(H,20,21)/t11-,14-/m0/s1. The van der Waals surface area contributed by atoms with Crippen LogP contribution in [-0.4, -0.2) is 30.3 Å². The summed E-state index contributed by atoms with van der Waals surface area (Å²) in [5.41, 5.74) is 0. The molecule has 0 aromatic heterocycles. The molecule has 4 nitrogen and oxygen atoms in total. The molecule has 0 spiro atoms. The van der Waals surface area contributed by atoms with Crippen LogP contribution in [0.2, 0.25) is 0 Å². The number of thioether (sulfide) groups is 1. The lowest BCUT2D eigenvalue weighted by atomic mass is 9.86. The lowest BCUT2D eigenvalue weighted by Crippen LogP contribution is -2.43. The molecule has 0 heterocycles. The predicted molar refractivity (Wildman–Crippen MR) is 87.6 cm³/mol. The van der Waals surface area contributed by atoms with Gasteiger partial charge in [-0.15, -0.1) is 11.8 Å². The van der Waals surface area contributed by atoms with E-state index in [1.165, 1.54) is 6.42 Å². The average molecular weight is 357 g/mol. The third kappa shape index (κ3) is 5.78. The third-order valence-electron chi connectivity index (χ3n) is 4.06. The highest BCUT2D eigenvalue weighted by Gasteiger charge is 2.23. The van der Waals surface area contributed by atoms with E-state index in [-0.39, 0.29) is 29.2 Å². The SMILES string of the molecule is C[C@H]1CCCC[C@@H]1NC(=O)COC(=O)CSc1cc(F)ccc1F. The van der Waals surface area contributed by atoms with Gasteiger partial charge in [0.1, 0.15) is 11.6 Å². The van der Waals surface area contributed by atoms with E-state index >= 15 is 0 Å². The zero-order valence-electron chi connectivity index (χ0n) is 13.5. The first-order chi connectivity index (χ1) is 11.5. The fourth-order valence-corrected chi connectivity index (χ4v) is 3.45. The molecule has 1 N–H and O–H groups in total. The Bertz CT molecular complexity index is 597. The lowest BCUT2D eigenvalue weighted by Gasteiger charge is -2.29. The van der Waals surface area contributed by atoms with Crippen molar-refractivity contribution in [3.05, 3.63) is 29.8 Å². The number of hydrogen-bond donors (Lipinski definition) is 1. The maximum Gasteiger partial charge on any atom is 0.316 e. The lowest BCUT2D eigenvalue weighted by molar-refractivity contribution is -0.146. The van der Waals surface area contributed by atoms with Crippen molar-refractivity contribution in [1.29, 1.82) is 0 Å². The Kier molecular flexibility index (Phi) is 7.02. The molecule has 1 aromatic carbocycles. The van der Waals surface area contributed by atoms with Gasteiger partial charge in [0.05, 0.1) is 5.75 Å². The molecular weight excluding hydrogens is 336 g/mol. The zero-order chi connectivity index (χ0) is 17.5. The van der Waals surface area contributed by atoms with E-state index in [0.29, 0.717) is 5.92 Å². The van der Waals surface area contributed by atoms with Crippen LogP contribution < -0.4 is 5.32 Å². The number of rotatable bonds is 6. The van der Waals surface area contributed by atoms with Gasteiger partial charge >= 0.3 is 5.97 Å². The molecule has 1 fully saturated rings. The molecule has 2 rings (SSSR count). The van der Waals surface area contributed by atoms with E-state index in [4.69, 9.17) is 4.74 Å². The molecule has 0 aliphatic heterocycles. The average Bonchev–Trinajstić information content (AvgIpc) is 2.56. The predicted octanol–water partition coefficient (Wildman–Crippen LogP) is 3.30. The van der Waals surface area contributed by atoms with Crippen molar-refractivity contribution in [3.63, 3.8) is 0 Å². The molecule has 1 aliphatic carbocycles. The fourth-order valence-electron chi connectivity index (χ4n) is 2.69. The summed E-state index contributed by atoms with van der Waals surface area (Å²) in [6.07, 6.45) is 4.29. The minimum absolute atomic E-state index is 0.0347. The molecule has 7 heteroatoms. The van der Waals surface area contributed by atoms with Crippen LogP contribution in [0.25, 0.3) is 0 Å². The summed E-state index contributed by atoms with van der Waals surface area (Å²) in [5.74, 6) is -1.91. The zero-order valence-corrected chi connectivity index (χ0v) is 14.3. The van der Waals surface area contributed by atoms with Gasteiger partial charge in [-0.1, -0.05) is 19.8 Å². The number of amides is 1. The van der Waals surface area contributed by atoms with Gasteiger partial charge in [-0.05, 0) is 37.0 Å². The van der Waals surface area contributed by atoms with Crippen LogP contribution in [0.3, 0.4) is 0 Å². The van der Waals surface area contributed by atoms with Gasteiger partial charge in [0.15, 0.2) is 6.61 Å². The van der Waals surface area contributed by atoms with E-state index < -0.39 is 17.6 Å². The first kappa shape index (κ1) is 18.7. The Hall–Kier alpha value is -1.63. The maximum absolute atomic E-state index is 13.4. The smallest absolute Gasteiger partial charge is 0.316 e. The van der Waals surface area contributed by atoms with E-state index in [0.717, 1.165) is 49.2 Å². The van der Waals surface area contributed by atoms with E-state index in [1.54, 1.807) is 0 Å². The van der Waals surface area contributed by atoms with Crippen molar-refractivity contribution in [2.45, 2.75) is 43.5 Å². The van der Waals surface area contributed by atoms with Crippen LogP contribution in [0.1, 0.15) is 32.6 Å². The van der Waals surface area contributed by atoms with Crippen LogP contribution >= 0.6 is 11.8 Å². The summed E-state index contributed by atoms with van der Waals surface area (Å²) in [5, 5.41) is 2.88. The highest BCUT2D eigenvalue weighted by Crippen LogP contribution is 2.24. The van der Waals surface area contributed by atoms with E-state index in [2.05, 4.69) is 12.2 Å². The monoisotopic (exact) mass is 357 g/mol. The topological polar surface area (TPSA) is 55.4 Å². The summed E-state index contributed by atoms with van der Waals surface area (Å²) in [4.78, 5) is 23.5. The van der Waals surface area contributed by atoms with E-state index in [9.17, 15) is 18.4 Å². The van der Waals surface area contributed by atoms with E-state index in [1.807, 2.05) is 0 Å². The van der Waals surface area contributed by atoms with Gasteiger partial charge in [-0.25, -0.2) is 8.78 Å². The van der Waals surface area contributed by atoms with Crippen LogP contribution in [0.15, 0.2) is 23.1 Å². The minimum atomic E-state index is -0.643. The number of nitrogens with one attached hydrogen (secondary N) is 1. The molecule has 0 unspecified atom stereocenters. The number of hydrogen-bond acceptors (Lipinski definition) is 4. The summed E-state index contributed by atoms with van der Waals surface area (Å²) < 4.78 is 31.3. The van der Waals surface area contributed by atoms with Gasteiger partial charge < -0.3 is 10.1 Å². The molecule has 0 bridgehead atoms. The summed E-state index contributed by atoms with van der Waals surface area (Å²) in [7, 11) is 0. The molecule has 1 aromatic rings. The van der Waals surface area contributed by atoms with Gasteiger partial charge in [-0.2, -0.15) is 0 Å². The van der Waals surface area contributed by atoms with Gasteiger partial charge in [-0.3, -0.25) is 9.59 Å². The van der Waals surface area contributed by atoms with Crippen LogP contribution in [-0.2, 0) is 14.3 Å². The van der Waals surface area contributed by atoms with Crippen molar-refractivity contribution in [3.8, 4) is 0 Å². The number of halogens is 2. The molecular formula is C17H21F2NO3S. The second-order valence-electron chi connectivity index (χ2n) is 5.96. The Morgan fingerprint density at radius 2 is 2.04 bits per heavy atom. The van der Waals surface area contributed by atoms with Gasteiger partial charge in [0.25, 0.3) is 5.91 Å². The number of carbonyl (C=O) groups is 2. The summed E-state index contributed by atoms with van der Waals surface area (Å²) >= 11 is 0.836. The molecule has 24 heavy (non-hydrogen) atoms. The van der Waals surface area contributed by atoms with Crippen LogP contribution in [0.4, 0.5) is 8.78 Å². The first-order valence-corrected chi connectivity index (χ1v) is 8.97. The minimum Gasteiger partial charge on any atom is -0.455 e.